The van der Waals surface area contributed by atoms with Crippen molar-refractivity contribution in [1.82, 2.24) is 0 Å². The molecule has 0 saturated heterocycles. The molecule has 0 unspecified atom stereocenters. The molecule has 0 saturated carbocycles. The molecular formula is C19H20N2O3. The summed E-state index contributed by atoms with van der Waals surface area (Å²) < 4.78 is 16.3. The second-order valence-electron chi connectivity index (χ2n) is 5.57. The van der Waals surface area contributed by atoms with E-state index < -0.39 is 0 Å². The number of nitriles is 1. The van der Waals surface area contributed by atoms with E-state index in [0.29, 0.717) is 12.2 Å². The highest BCUT2D eigenvalue weighted by Gasteiger charge is 2.18. The lowest BCUT2D eigenvalue weighted by atomic mass is 10.1. The summed E-state index contributed by atoms with van der Waals surface area (Å²) in [6.07, 6.45) is 0.889. The molecule has 0 bridgehead atoms. The lowest BCUT2D eigenvalue weighted by molar-refractivity contribution is 0.307. The molecule has 5 nitrogen and oxygen atoms in total. The number of methoxy groups -OCH3 is 2. The first kappa shape index (κ1) is 16.0. The summed E-state index contributed by atoms with van der Waals surface area (Å²) in [4.78, 5) is 2.29. The normalized spacial score (nSPS) is 12.8. The van der Waals surface area contributed by atoms with Gasteiger partial charge in [-0.3, -0.25) is 0 Å². The Bertz CT molecular complexity index is 768. The monoisotopic (exact) mass is 324 g/mol. The molecule has 0 atom stereocenters. The number of anilines is 1. The van der Waals surface area contributed by atoms with Crippen LogP contribution in [0.25, 0.3) is 0 Å². The van der Waals surface area contributed by atoms with Gasteiger partial charge in [-0.25, -0.2) is 0 Å². The summed E-state index contributed by atoms with van der Waals surface area (Å²) in [6, 6.07) is 13.7. The van der Waals surface area contributed by atoms with Gasteiger partial charge in [0.1, 0.15) is 12.4 Å². The van der Waals surface area contributed by atoms with E-state index in [1.165, 1.54) is 5.56 Å². The summed E-state index contributed by atoms with van der Waals surface area (Å²) in [5, 5.41) is 9.01. The molecule has 24 heavy (non-hydrogen) atoms. The molecule has 0 aliphatic carbocycles. The van der Waals surface area contributed by atoms with Gasteiger partial charge in [-0.2, -0.15) is 5.26 Å². The molecule has 3 rings (SSSR count). The van der Waals surface area contributed by atoms with Crippen LogP contribution in [0.3, 0.4) is 0 Å². The number of fused-ring (bicyclic) bond motifs is 1. The van der Waals surface area contributed by atoms with Crippen LogP contribution in [-0.4, -0.2) is 33.9 Å². The zero-order valence-electron chi connectivity index (χ0n) is 13.9. The Balaban J connectivity index is 1.73. The topological polar surface area (TPSA) is 54.7 Å². The van der Waals surface area contributed by atoms with Crippen molar-refractivity contribution in [3.63, 3.8) is 0 Å². The molecule has 2 aromatic carbocycles. The third kappa shape index (κ3) is 3.23. The van der Waals surface area contributed by atoms with Gasteiger partial charge in [0, 0.05) is 12.6 Å². The van der Waals surface area contributed by atoms with Gasteiger partial charge in [-0.05, 0) is 36.2 Å². The number of rotatable bonds is 5. The van der Waals surface area contributed by atoms with Gasteiger partial charge in [0.2, 0.25) is 0 Å². The van der Waals surface area contributed by atoms with E-state index in [-0.39, 0.29) is 0 Å². The lowest BCUT2D eigenvalue weighted by Crippen LogP contribution is -2.34. The maximum absolute atomic E-state index is 9.01. The molecule has 2 aromatic rings. The highest BCUT2D eigenvalue weighted by atomic mass is 16.5. The predicted molar refractivity (Wildman–Crippen MR) is 92.1 cm³/mol. The first-order valence-electron chi connectivity index (χ1n) is 7.88. The Morgan fingerprint density at radius 2 is 1.96 bits per heavy atom. The molecule has 0 aromatic heterocycles. The van der Waals surface area contributed by atoms with Crippen LogP contribution in [0.5, 0.6) is 17.2 Å². The van der Waals surface area contributed by atoms with E-state index in [1.807, 2.05) is 24.3 Å². The predicted octanol–water partition coefficient (Wildman–Crippen LogP) is 3.02. The quantitative estimate of drug-likeness (QED) is 0.846. The van der Waals surface area contributed by atoms with Crippen molar-refractivity contribution in [2.45, 2.75) is 6.42 Å². The maximum Gasteiger partial charge on any atom is 0.160 e. The fraction of sp³-hybridized carbons (Fsp3) is 0.316. The van der Waals surface area contributed by atoms with E-state index in [1.54, 1.807) is 20.3 Å². The zero-order chi connectivity index (χ0) is 16.9. The highest BCUT2D eigenvalue weighted by Crippen LogP contribution is 2.33. The van der Waals surface area contributed by atoms with Crippen molar-refractivity contribution in [2.75, 3.05) is 38.8 Å². The summed E-state index contributed by atoms with van der Waals surface area (Å²) in [5.41, 5.74) is 2.85. The van der Waals surface area contributed by atoms with Crippen molar-refractivity contribution in [2.24, 2.45) is 0 Å². The number of benzene rings is 2. The van der Waals surface area contributed by atoms with E-state index in [2.05, 4.69) is 17.0 Å². The van der Waals surface area contributed by atoms with Gasteiger partial charge in [0.15, 0.2) is 11.5 Å². The standard InChI is InChI=1S/C19H20N2O3/c1-22-17-6-4-14(11-19(17)23-2)7-8-21-9-10-24-18-12-15(13-20)3-5-16(18)21/h3-6,11-12H,7-10H2,1-2H3. The second-order valence-corrected chi connectivity index (χ2v) is 5.57. The molecule has 0 radical (unpaired) electrons. The number of ether oxygens (including phenoxy) is 3. The number of hydrogen-bond acceptors (Lipinski definition) is 5. The van der Waals surface area contributed by atoms with E-state index in [4.69, 9.17) is 19.5 Å². The van der Waals surface area contributed by atoms with Gasteiger partial charge < -0.3 is 19.1 Å². The molecule has 0 amide bonds. The molecule has 1 heterocycles. The van der Waals surface area contributed by atoms with E-state index in [0.717, 1.165) is 42.4 Å². The van der Waals surface area contributed by atoms with Gasteiger partial charge in [-0.15, -0.1) is 0 Å². The Labute approximate surface area is 142 Å². The minimum atomic E-state index is 0.621. The summed E-state index contributed by atoms with van der Waals surface area (Å²) >= 11 is 0. The van der Waals surface area contributed by atoms with Crippen molar-refractivity contribution in [1.29, 1.82) is 5.26 Å². The van der Waals surface area contributed by atoms with Crippen molar-refractivity contribution >= 4 is 5.69 Å². The Hall–Kier alpha value is -2.87. The van der Waals surface area contributed by atoms with Crippen LogP contribution >= 0.6 is 0 Å². The molecular weight excluding hydrogens is 304 g/mol. The van der Waals surface area contributed by atoms with Crippen LogP contribution in [0, 0.1) is 11.3 Å². The van der Waals surface area contributed by atoms with Crippen LogP contribution < -0.4 is 19.1 Å². The number of nitrogens with zero attached hydrogens (tertiary/aromatic N) is 2. The fourth-order valence-electron chi connectivity index (χ4n) is 2.88. The van der Waals surface area contributed by atoms with E-state index in [9.17, 15) is 0 Å². The van der Waals surface area contributed by atoms with E-state index >= 15 is 0 Å². The second kappa shape index (κ2) is 7.14. The average molecular weight is 324 g/mol. The third-order valence-electron chi connectivity index (χ3n) is 4.17. The van der Waals surface area contributed by atoms with Gasteiger partial charge in [0.25, 0.3) is 0 Å². The summed E-state index contributed by atoms with van der Waals surface area (Å²) in [7, 11) is 3.28. The summed E-state index contributed by atoms with van der Waals surface area (Å²) in [6.45, 7) is 2.34. The first-order valence-corrected chi connectivity index (χ1v) is 7.88. The lowest BCUT2D eigenvalue weighted by Gasteiger charge is -2.31. The smallest absolute Gasteiger partial charge is 0.160 e. The van der Waals surface area contributed by atoms with Crippen molar-refractivity contribution < 1.29 is 14.2 Å². The van der Waals surface area contributed by atoms with Crippen LogP contribution in [0.2, 0.25) is 0 Å². The Morgan fingerprint density at radius 3 is 2.71 bits per heavy atom. The molecule has 0 fully saturated rings. The van der Waals surface area contributed by atoms with Crippen LogP contribution in [-0.2, 0) is 6.42 Å². The summed E-state index contributed by atoms with van der Waals surface area (Å²) in [5.74, 6) is 2.27. The SMILES string of the molecule is COc1ccc(CCN2CCOc3cc(C#N)ccc32)cc1OC. The minimum Gasteiger partial charge on any atom is -0.493 e. The zero-order valence-corrected chi connectivity index (χ0v) is 13.9. The van der Waals surface area contributed by atoms with Crippen molar-refractivity contribution in [3.8, 4) is 23.3 Å². The van der Waals surface area contributed by atoms with Crippen molar-refractivity contribution in [3.05, 3.63) is 47.5 Å². The number of hydrogen-bond donors (Lipinski definition) is 0. The van der Waals surface area contributed by atoms with Gasteiger partial charge >= 0.3 is 0 Å². The molecule has 1 aliphatic rings. The fourth-order valence-corrected chi connectivity index (χ4v) is 2.88. The molecule has 5 heteroatoms. The molecule has 124 valence electrons. The Kier molecular flexibility index (Phi) is 4.76. The largest absolute Gasteiger partial charge is 0.493 e. The highest BCUT2D eigenvalue weighted by molar-refractivity contribution is 5.62. The van der Waals surface area contributed by atoms with Crippen LogP contribution in [0.4, 0.5) is 5.69 Å². The van der Waals surface area contributed by atoms with Gasteiger partial charge in [-0.1, -0.05) is 6.07 Å². The first-order chi connectivity index (χ1) is 11.7. The minimum absolute atomic E-state index is 0.621. The van der Waals surface area contributed by atoms with Gasteiger partial charge in [0.05, 0.1) is 38.1 Å². The third-order valence-corrected chi connectivity index (χ3v) is 4.17. The average Bonchev–Trinajstić information content (AvgIpc) is 2.65. The maximum atomic E-state index is 9.01. The molecule has 0 N–H and O–H groups in total. The molecule has 1 aliphatic heterocycles. The molecule has 0 spiro atoms. The van der Waals surface area contributed by atoms with Crippen LogP contribution in [0.15, 0.2) is 36.4 Å². The Morgan fingerprint density at radius 1 is 1.12 bits per heavy atom. The van der Waals surface area contributed by atoms with Crippen LogP contribution in [0.1, 0.15) is 11.1 Å².